The fourth-order valence-electron chi connectivity index (χ4n) is 1.76. The average Bonchev–Trinajstić information content (AvgIpc) is 2.92. The van der Waals surface area contributed by atoms with Crippen LogP contribution in [0.5, 0.6) is 0 Å². The third kappa shape index (κ3) is 2.58. The van der Waals surface area contributed by atoms with E-state index in [1.54, 1.807) is 17.9 Å². The summed E-state index contributed by atoms with van der Waals surface area (Å²) in [5.41, 5.74) is 1.21. The summed E-state index contributed by atoms with van der Waals surface area (Å²) in [5, 5.41) is 14.9. The predicted molar refractivity (Wildman–Crippen MR) is 66.6 cm³/mol. The number of furan rings is 1. The Balaban J connectivity index is 2.28. The van der Waals surface area contributed by atoms with Crippen LogP contribution in [0.2, 0.25) is 5.02 Å². The highest BCUT2D eigenvalue weighted by atomic mass is 35.5. The number of halogens is 1. The molecule has 0 fully saturated rings. The Morgan fingerprint density at radius 3 is 3.00 bits per heavy atom. The van der Waals surface area contributed by atoms with Crippen molar-refractivity contribution >= 4 is 11.6 Å². The van der Waals surface area contributed by atoms with Gasteiger partial charge in [0.1, 0.15) is 11.9 Å². The number of ether oxygens (including phenoxy) is 1. The third-order valence-electron chi connectivity index (χ3n) is 2.67. The zero-order valence-corrected chi connectivity index (χ0v) is 11.0. The zero-order chi connectivity index (χ0) is 13.1. The minimum atomic E-state index is -0.852. The maximum absolute atomic E-state index is 10.3. The first-order valence-electron chi connectivity index (χ1n) is 5.56. The summed E-state index contributed by atoms with van der Waals surface area (Å²) in [5.74, 6) is 0.739. The van der Waals surface area contributed by atoms with E-state index in [0.29, 0.717) is 29.4 Å². The Kier molecular flexibility index (Phi) is 4.06. The van der Waals surface area contributed by atoms with Gasteiger partial charge in [-0.05, 0) is 13.0 Å². The van der Waals surface area contributed by atoms with Crippen LogP contribution in [0.25, 0.3) is 0 Å². The van der Waals surface area contributed by atoms with E-state index in [2.05, 4.69) is 5.10 Å². The number of hydrogen-bond donors (Lipinski definition) is 1. The lowest BCUT2D eigenvalue weighted by Gasteiger charge is -2.12. The predicted octanol–water partition coefficient (Wildman–Crippen LogP) is 2.17. The fraction of sp³-hybridized carbons (Fsp3) is 0.417. The number of nitrogens with zero attached hydrogens (tertiary/aromatic N) is 2. The Hall–Kier alpha value is -1.30. The highest BCUT2D eigenvalue weighted by Crippen LogP contribution is 2.29. The topological polar surface area (TPSA) is 60.4 Å². The van der Waals surface area contributed by atoms with E-state index in [1.807, 2.05) is 6.92 Å². The first kappa shape index (κ1) is 13.1. The van der Waals surface area contributed by atoms with E-state index in [9.17, 15) is 5.11 Å². The molecule has 1 atom stereocenters. The highest BCUT2D eigenvalue weighted by Gasteiger charge is 2.21. The number of hydrogen-bond acceptors (Lipinski definition) is 4. The van der Waals surface area contributed by atoms with Gasteiger partial charge in [-0.1, -0.05) is 11.6 Å². The molecular weight excluding hydrogens is 256 g/mol. The minimum absolute atomic E-state index is 0.428. The summed E-state index contributed by atoms with van der Waals surface area (Å²) < 4.78 is 11.8. The van der Waals surface area contributed by atoms with E-state index in [-0.39, 0.29) is 0 Å². The van der Waals surface area contributed by atoms with Crippen LogP contribution < -0.4 is 0 Å². The minimum Gasteiger partial charge on any atom is -0.469 e. The summed E-state index contributed by atoms with van der Waals surface area (Å²) in [7, 11) is 1.61. The Labute approximate surface area is 110 Å². The molecule has 0 amide bonds. The van der Waals surface area contributed by atoms with Crippen LogP contribution in [0.4, 0.5) is 0 Å². The normalized spacial score (nSPS) is 12.9. The molecule has 0 aliphatic rings. The molecule has 0 aromatic carbocycles. The second kappa shape index (κ2) is 5.56. The smallest absolute Gasteiger partial charge is 0.125 e. The molecule has 0 saturated carbocycles. The van der Waals surface area contributed by atoms with Crippen LogP contribution in [0.3, 0.4) is 0 Å². The van der Waals surface area contributed by atoms with Gasteiger partial charge >= 0.3 is 0 Å². The molecule has 2 aromatic rings. The molecule has 0 spiro atoms. The molecule has 2 heterocycles. The second-order valence-corrected chi connectivity index (χ2v) is 4.39. The summed E-state index contributed by atoms with van der Waals surface area (Å²) in [6, 6.07) is 1.77. The van der Waals surface area contributed by atoms with Gasteiger partial charge in [0.15, 0.2) is 0 Å². The van der Waals surface area contributed by atoms with Gasteiger partial charge in [0.2, 0.25) is 0 Å². The first-order chi connectivity index (χ1) is 8.63. The van der Waals surface area contributed by atoms with Crippen LogP contribution in [0, 0.1) is 6.92 Å². The van der Waals surface area contributed by atoms with Crippen LogP contribution >= 0.6 is 11.6 Å². The van der Waals surface area contributed by atoms with Crippen LogP contribution in [-0.4, -0.2) is 28.6 Å². The van der Waals surface area contributed by atoms with E-state index in [4.69, 9.17) is 20.8 Å². The molecule has 0 aliphatic carbocycles. The molecule has 2 rings (SSSR count). The molecule has 0 saturated heterocycles. The van der Waals surface area contributed by atoms with Gasteiger partial charge in [-0.15, -0.1) is 0 Å². The van der Waals surface area contributed by atoms with Crippen molar-refractivity contribution in [2.45, 2.75) is 19.6 Å². The van der Waals surface area contributed by atoms with Crippen molar-refractivity contribution in [3.05, 3.63) is 40.6 Å². The molecule has 5 nitrogen and oxygen atoms in total. The van der Waals surface area contributed by atoms with E-state index in [1.165, 1.54) is 12.5 Å². The van der Waals surface area contributed by atoms with Gasteiger partial charge in [-0.2, -0.15) is 5.10 Å². The molecule has 1 unspecified atom stereocenters. The van der Waals surface area contributed by atoms with Gasteiger partial charge in [-0.25, -0.2) is 0 Å². The summed E-state index contributed by atoms with van der Waals surface area (Å²) >= 11 is 6.06. The maximum atomic E-state index is 10.3. The van der Waals surface area contributed by atoms with Gasteiger partial charge in [-0.3, -0.25) is 4.68 Å². The molecule has 0 radical (unpaired) electrons. The quantitative estimate of drug-likeness (QED) is 0.904. The molecule has 18 heavy (non-hydrogen) atoms. The van der Waals surface area contributed by atoms with Crippen molar-refractivity contribution in [2.24, 2.45) is 0 Å². The summed E-state index contributed by atoms with van der Waals surface area (Å²) in [6.07, 6.45) is 2.18. The van der Waals surface area contributed by atoms with Crippen molar-refractivity contribution in [2.75, 3.05) is 13.7 Å². The van der Waals surface area contributed by atoms with Gasteiger partial charge in [0.25, 0.3) is 0 Å². The molecule has 1 N–H and O–H groups in total. The van der Waals surface area contributed by atoms with E-state index in [0.717, 1.165) is 5.76 Å². The lowest BCUT2D eigenvalue weighted by Crippen LogP contribution is -2.13. The fourth-order valence-corrected chi connectivity index (χ4v) is 2.01. The SMILES string of the molecule is COCCn1ncc(Cl)c1C(O)c1coc(C)c1. The number of aryl methyl sites for hydroxylation is 1. The van der Waals surface area contributed by atoms with Crippen LogP contribution in [0.15, 0.2) is 22.9 Å². The molecule has 2 aromatic heterocycles. The number of methoxy groups -OCH3 is 1. The second-order valence-electron chi connectivity index (χ2n) is 3.99. The number of aliphatic hydroxyl groups excluding tert-OH is 1. The zero-order valence-electron chi connectivity index (χ0n) is 10.3. The number of rotatable bonds is 5. The Bertz CT molecular complexity index is 521. The van der Waals surface area contributed by atoms with Gasteiger partial charge < -0.3 is 14.3 Å². The number of aromatic nitrogens is 2. The third-order valence-corrected chi connectivity index (χ3v) is 2.96. The Morgan fingerprint density at radius 2 is 2.39 bits per heavy atom. The van der Waals surface area contributed by atoms with Crippen molar-refractivity contribution in [1.82, 2.24) is 9.78 Å². The monoisotopic (exact) mass is 270 g/mol. The van der Waals surface area contributed by atoms with Gasteiger partial charge in [0.05, 0.1) is 36.3 Å². The molecular formula is C12H15ClN2O3. The standard InChI is InChI=1S/C12H15ClN2O3/c1-8-5-9(7-18-8)12(16)11-10(13)6-14-15(11)3-4-17-2/h5-7,12,16H,3-4H2,1-2H3. The molecule has 6 heteroatoms. The van der Waals surface area contributed by atoms with E-state index < -0.39 is 6.10 Å². The lowest BCUT2D eigenvalue weighted by atomic mass is 10.1. The van der Waals surface area contributed by atoms with Crippen LogP contribution in [0.1, 0.15) is 23.1 Å². The van der Waals surface area contributed by atoms with Crippen molar-refractivity contribution in [3.63, 3.8) is 0 Å². The first-order valence-corrected chi connectivity index (χ1v) is 5.94. The van der Waals surface area contributed by atoms with Gasteiger partial charge in [0, 0.05) is 12.7 Å². The van der Waals surface area contributed by atoms with E-state index >= 15 is 0 Å². The summed E-state index contributed by atoms with van der Waals surface area (Å²) in [6.45, 7) is 2.86. The van der Waals surface area contributed by atoms with Crippen LogP contribution in [-0.2, 0) is 11.3 Å². The highest BCUT2D eigenvalue weighted by molar-refractivity contribution is 6.31. The molecule has 0 aliphatic heterocycles. The largest absolute Gasteiger partial charge is 0.469 e. The maximum Gasteiger partial charge on any atom is 0.125 e. The average molecular weight is 271 g/mol. The number of aliphatic hydroxyl groups is 1. The summed E-state index contributed by atoms with van der Waals surface area (Å²) in [4.78, 5) is 0. The van der Waals surface area contributed by atoms with Crippen molar-refractivity contribution in [1.29, 1.82) is 0 Å². The molecule has 0 bridgehead atoms. The van der Waals surface area contributed by atoms with Crippen molar-refractivity contribution in [3.8, 4) is 0 Å². The lowest BCUT2D eigenvalue weighted by molar-refractivity contribution is 0.171. The van der Waals surface area contributed by atoms with Crippen molar-refractivity contribution < 1.29 is 14.3 Å². The molecule has 98 valence electrons. The Morgan fingerprint density at radius 1 is 1.61 bits per heavy atom.